The van der Waals surface area contributed by atoms with Crippen LogP contribution in [0.25, 0.3) is 0 Å². The van der Waals surface area contributed by atoms with Gasteiger partial charge in [-0.3, -0.25) is 6.08 Å². The fourth-order valence-electron chi connectivity index (χ4n) is 0.689. The van der Waals surface area contributed by atoms with Gasteiger partial charge < -0.3 is 6.58 Å². The van der Waals surface area contributed by atoms with Gasteiger partial charge in [-0.05, 0) is 0 Å². The molecule has 48 valence electrons. The molecule has 0 spiro atoms. The zero-order valence-electron chi connectivity index (χ0n) is 6.69. The fraction of sp³-hybridized carbons (Fsp3) is 0.750. The molecule has 0 fully saturated rings. The number of hydrogen-bond acceptors (Lipinski definition) is 0. The summed E-state index contributed by atoms with van der Waals surface area (Å²) in [5.41, 5.74) is 0. The topological polar surface area (TPSA) is 0 Å². The molecule has 0 saturated carbocycles. The Balaban J connectivity index is 0. The maximum absolute atomic E-state index is 5.19. The van der Waals surface area contributed by atoms with Crippen LogP contribution in [0.15, 0.2) is 6.08 Å². The molecular weight excluding hydrogens is 103 g/mol. The van der Waals surface area contributed by atoms with Crippen molar-refractivity contribution in [3.05, 3.63) is 12.7 Å². The van der Waals surface area contributed by atoms with Crippen molar-refractivity contribution in [2.75, 3.05) is 0 Å². The van der Waals surface area contributed by atoms with Gasteiger partial charge in [0.05, 0.1) is 0 Å². The molecule has 0 aliphatic carbocycles. The Labute approximate surface area is 70.9 Å². The zero-order chi connectivity index (χ0) is 6.24. The summed E-state index contributed by atoms with van der Waals surface area (Å²) < 4.78 is 0. The predicted molar refractivity (Wildman–Crippen MR) is 37.6 cm³/mol. The number of rotatable bonds is 5. The SMILES string of the molecule is [CH-]=CCCCCCC.[Li+]. The van der Waals surface area contributed by atoms with Crippen LogP contribution in [-0.2, 0) is 0 Å². The summed E-state index contributed by atoms with van der Waals surface area (Å²) in [7, 11) is 0. The van der Waals surface area contributed by atoms with Crippen LogP contribution in [0.4, 0.5) is 0 Å². The smallest absolute Gasteiger partial charge is 0.518 e. The van der Waals surface area contributed by atoms with Crippen molar-refractivity contribution in [3.8, 4) is 0 Å². The Morgan fingerprint density at radius 1 is 1.22 bits per heavy atom. The summed E-state index contributed by atoms with van der Waals surface area (Å²) in [5, 5.41) is 0. The number of unbranched alkanes of at least 4 members (excludes halogenated alkanes) is 4. The Bertz CT molecular complexity index is 50.5. The third-order valence-corrected chi connectivity index (χ3v) is 1.22. The van der Waals surface area contributed by atoms with Gasteiger partial charge in [-0.2, -0.15) is 0 Å². The molecule has 0 heterocycles. The summed E-state index contributed by atoms with van der Waals surface area (Å²) in [5.74, 6) is 0. The second kappa shape index (κ2) is 11.2. The largest absolute Gasteiger partial charge is 1.00 e. The van der Waals surface area contributed by atoms with E-state index in [4.69, 9.17) is 6.58 Å². The molecule has 0 aromatic heterocycles. The molecule has 0 aliphatic heterocycles. The van der Waals surface area contributed by atoms with Crippen LogP contribution in [0.5, 0.6) is 0 Å². The van der Waals surface area contributed by atoms with Gasteiger partial charge in [0.1, 0.15) is 0 Å². The molecule has 0 bridgehead atoms. The van der Waals surface area contributed by atoms with Gasteiger partial charge in [0, 0.05) is 0 Å². The summed E-state index contributed by atoms with van der Waals surface area (Å²) in [6, 6.07) is 0. The fourth-order valence-corrected chi connectivity index (χ4v) is 0.689. The van der Waals surface area contributed by atoms with Crippen LogP contribution >= 0.6 is 0 Å². The molecule has 0 aromatic rings. The van der Waals surface area contributed by atoms with E-state index in [2.05, 4.69) is 6.92 Å². The molecule has 1 heteroatoms. The average Bonchev–Trinajstić information content (AvgIpc) is 1.81. The van der Waals surface area contributed by atoms with E-state index in [1.165, 1.54) is 25.7 Å². The van der Waals surface area contributed by atoms with Gasteiger partial charge in [0.25, 0.3) is 0 Å². The maximum atomic E-state index is 5.19. The van der Waals surface area contributed by atoms with Crippen molar-refractivity contribution >= 4 is 0 Å². The molecule has 0 saturated heterocycles. The Morgan fingerprint density at radius 3 is 2.33 bits per heavy atom. The van der Waals surface area contributed by atoms with Crippen LogP contribution < -0.4 is 18.9 Å². The van der Waals surface area contributed by atoms with E-state index in [-0.39, 0.29) is 18.9 Å². The first kappa shape index (κ1) is 12.1. The molecule has 0 amide bonds. The van der Waals surface area contributed by atoms with E-state index in [0.29, 0.717) is 0 Å². The second-order valence-electron chi connectivity index (χ2n) is 2.09. The number of hydrogen-bond donors (Lipinski definition) is 0. The molecule has 0 unspecified atom stereocenters. The minimum Gasteiger partial charge on any atom is -0.518 e. The summed E-state index contributed by atoms with van der Waals surface area (Å²) >= 11 is 0. The normalized spacial score (nSPS) is 8.11. The van der Waals surface area contributed by atoms with E-state index in [9.17, 15) is 0 Å². The van der Waals surface area contributed by atoms with Crippen molar-refractivity contribution < 1.29 is 18.9 Å². The van der Waals surface area contributed by atoms with Crippen molar-refractivity contribution in [2.24, 2.45) is 0 Å². The first-order chi connectivity index (χ1) is 3.91. The van der Waals surface area contributed by atoms with Gasteiger partial charge >= 0.3 is 18.9 Å². The van der Waals surface area contributed by atoms with Crippen LogP contribution in [0.2, 0.25) is 0 Å². The van der Waals surface area contributed by atoms with Gasteiger partial charge in [0.15, 0.2) is 0 Å². The quantitative estimate of drug-likeness (QED) is 0.270. The Kier molecular flexibility index (Phi) is 15.0. The number of allylic oxidation sites excluding steroid dienone is 1. The van der Waals surface area contributed by atoms with E-state index in [1.807, 2.05) is 0 Å². The van der Waals surface area contributed by atoms with E-state index in [0.717, 1.165) is 6.42 Å². The van der Waals surface area contributed by atoms with Crippen molar-refractivity contribution in [1.29, 1.82) is 0 Å². The Hall–Kier alpha value is 0.337. The standard InChI is InChI=1S/C8H15.Li/c1-3-5-7-8-6-4-2;/h1,3H,4-8H2,2H3;/q-1;+1. The molecule has 0 radical (unpaired) electrons. The van der Waals surface area contributed by atoms with Gasteiger partial charge in [-0.1, -0.05) is 39.0 Å². The summed E-state index contributed by atoms with van der Waals surface area (Å²) in [4.78, 5) is 0. The first-order valence-electron chi connectivity index (χ1n) is 3.45. The molecule has 0 aromatic carbocycles. The van der Waals surface area contributed by atoms with Crippen LogP contribution in [0.1, 0.15) is 39.0 Å². The van der Waals surface area contributed by atoms with Gasteiger partial charge in [0.2, 0.25) is 0 Å². The van der Waals surface area contributed by atoms with Crippen LogP contribution in [0.3, 0.4) is 0 Å². The second-order valence-corrected chi connectivity index (χ2v) is 2.09. The van der Waals surface area contributed by atoms with Gasteiger partial charge in [-0.25, -0.2) is 0 Å². The van der Waals surface area contributed by atoms with E-state index < -0.39 is 0 Å². The van der Waals surface area contributed by atoms with Crippen LogP contribution in [0, 0.1) is 6.58 Å². The van der Waals surface area contributed by atoms with Crippen molar-refractivity contribution in [1.82, 2.24) is 0 Å². The third kappa shape index (κ3) is 11.8. The third-order valence-electron chi connectivity index (χ3n) is 1.22. The Morgan fingerprint density at radius 2 is 1.89 bits per heavy atom. The van der Waals surface area contributed by atoms with E-state index >= 15 is 0 Å². The maximum Gasteiger partial charge on any atom is 1.00 e. The monoisotopic (exact) mass is 118 g/mol. The molecule has 0 rings (SSSR count). The molecule has 0 atom stereocenters. The minimum absolute atomic E-state index is 0. The predicted octanol–water partition coefficient (Wildman–Crippen LogP) is -0.0500. The average molecular weight is 118 g/mol. The zero-order valence-corrected chi connectivity index (χ0v) is 6.69. The minimum atomic E-state index is 0. The van der Waals surface area contributed by atoms with Crippen LogP contribution in [-0.4, -0.2) is 0 Å². The van der Waals surface area contributed by atoms with Crippen molar-refractivity contribution in [2.45, 2.75) is 39.0 Å². The molecule has 0 nitrogen and oxygen atoms in total. The molecular formula is C8H15Li. The summed E-state index contributed by atoms with van der Waals surface area (Å²) in [6.07, 6.45) is 8.10. The summed E-state index contributed by atoms with van der Waals surface area (Å²) in [6.45, 7) is 7.40. The first-order valence-corrected chi connectivity index (χ1v) is 3.45. The molecule has 0 aliphatic rings. The van der Waals surface area contributed by atoms with Crippen molar-refractivity contribution in [3.63, 3.8) is 0 Å². The van der Waals surface area contributed by atoms with Gasteiger partial charge in [-0.15, -0.1) is 0 Å². The van der Waals surface area contributed by atoms with E-state index in [1.54, 1.807) is 6.08 Å². The molecule has 9 heavy (non-hydrogen) atoms. The molecule has 0 N–H and O–H groups in total.